The van der Waals surface area contributed by atoms with Crippen LogP contribution in [0.2, 0.25) is 0 Å². The molecule has 0 unspecified atom stereocenters. The first-order valence-electron chi connectivity index (χ1n) is 4.07. The van der Waals surface area contributed by atoms with Gasteiger partial charge in [0.05, 0.1) is 6.20 Å². The Balaban J connectivity index is 3.30. The predicted molar refractivity (Wildman–Crippen MR) is 42.9 cm³/mol. The van der Waals surface area contributed by atoms with Gasteiger partial charge in [0.2, 0.25) is 0 Å². The SMILES string of the molecule is O=C(O)c1cc(C(F)(F)F)c(OC(F)(F)F)cn1. The highest BCUT2D eigenvalue weighted by atomic mass is 19.4. The number of nitrogens with zero attached hydrogens (tertiary/aromatic N) is 1. The largest absolute Gasteiger partial charge is 0.573 e. The number of halogens is 6. The fraction of sp³-hybridized carbons (Fsp3) is 0.250. The van der Waals surface area contributed by atoms with Gasteiger partial charge in [-0.15, -0.1) is 13.2 Å². The van der Waals surface area contributed by atoms with E-state index in [1.165, 1.54) is 0 Å². The second kappa shape index (κ2) is 4.35. The van der Waals surface area contributed by atoms with Crippen LogP contribution in [0.3, 0.4) is 0 Å². The molecule has 10 heteroatoms. The molecule has 1 aromatic heterocycles. The van der Waals surface area contributed by atoms with E-state index in [1.807, 2.05) is 0 Å². The molecule has 100 valence electrons. The summed E-state index contributed by atoms with van der Waals surface area (Å²) in [6, 6.07) is -0.0383. The summed E-state index contributed by atoms with van der Waals surface area (Å²) in [5.41, 5.74) is -2.91. The van der Waals surface area contributed by atoms with Crippen molar-refractivity contribution in [3.05, 3.63) is 23.5 Å². The zero-order valence-electron chi connectivity index (χ0n) is 8.13. The Labute approximate surface area is 94.8 Å². The summed E-state index contributed by atoms with van der Waals surface area (Å²) in [5, 5.41) is 8.41. The smallest absolute Gasteiger partial charge is 0.477 e. The van der Waals surface area contributed by atoms with Gasteiger partial charge in [0.15, 0.2) is 5.75 Å². The number of ether oxygens (including phenoxy) is 1. The Morgan fingerprint density at radius 3 is 2.17 bits per heavy atom. The zero-order chi connectivity index (χ0) is 14.1. The first-order valence-corrected chi connectivity index (χ1v) is 4.07. The minimum Gasteiger partial charge on any atom is -0.477 e. The maximum absolute atomic E-state index is 12.4. The van der Waals surface area contributed by atoms with Crippen molar-refractivity contribution in [3.63, 3.8) is 0 Å². The third kappa shape index (κ3) is 3.50. The molecule has 0 saturated heterocycles. The molecule has 0 aromatic carbocycles. The third-order valence-corrected chi connectivity index (χ3v) is 1.62. The molecule has 1 heterocycles. The van der Waals surface area contributed by atoms with Gasteiger partial charge in [0.25, 0.3) is 0 Å². The Kier molecular flexibility index (Phi) is 3.40. The van der Waals surface area contributed by atoms with Crippen molar-refractivity contribution in [3.8, 4) is 5.75 Å². The van der Waals surface area contributed by atoms with E-state index in [0.717, 1.165) is 0 Å². The van der Waals surface area contributed by atoms with Crippen LogP contribution in [0.15, 0.2) is 12.3 Å². The van der Waals surface area contributed by atoms with Crippen LogP contribution in [-0.4, -0.2) is 22.4 Å². The van der Waals surface area contributed by atoms with Gasteiger partial charge in [-0.1, -0.05) is 0 Å². The van der Waals surface area contributed by atoms with Crippen LogP contribution in [-0.2, 0) is 6.18 Å². The van der Waals surface area contributed by atoms with Crippen LogP contribution < -0.4 is 4.74 Å². The minimum absolute atomic E-state index is 0.0383. The highest BCUT2D eigenvalue weighted by molar-refractivity contribution is 5.85. The van der Waals surface area contributed by atoms with Gasteiger partial charge in [-0.25, -0.2) is 9.78 Å². The number of hydrogen-bond donors (Lipinski definition) is 1. The average Bonchev–Trinajstić information content (AvgIpc) is 2.13. The summed E-state index contributed by atoms with van der Waals surface area (Å²) in [6.07, 6.45) is -10.5. The van der Waals surface area contributed by atoms with Crippen molar-refractivity contribution in [2.75, 3.05) is 0 Å². The summed E-state index contributed by atoms with van der Waals surface area (Å²) in [6.45, 7) is 0. The highest BCUT2D eigenvalue weighted by Gasteiger charge is 2.40. The van der Waals surface area contributed by atoms with Crippen LogP contribution >= 0.6 is 0 Å². The summed E-state index contributed by atoms with van der Waals surface area (Å²) >= 11 is 0. The summed E-state index contributed by atoms with van der Waals surface area (Å²) in [7, 11) is 0. The van der Waals surface area contributed by atoms with Crippen LogP contribution in [0, 0.1) is 0 Å². The van der Waals surface area contributed by atoms with Crippen molar-refractivity contribution in [2.45, 2.75) is 12.5 Å². The Hall–Kier alpha value is -2.00. The maximum atomic E-state index is 12.4. The number of rotatable bonds is 2. The second-order valence-electron chi connectivity index (χ2n) is 2.92. The highest BCUT2D eigenvalue weighted by Crippen LogP contribution is 2.38. The number of carboxylic acid groups (broad SMARTS) is 1. The van der Waals surface area contributed by atoms with Gasteiger partial charge in [-0.2, -0.15) is 13.2 Å². The molecule has 1 rings (SSSR count). The van der Waals surface area contributed by atoms with Crippen molar-refractivity contribution < 1.29 is 41.0 Å². The lowest BCUT2D eigenvalue weighted by Crippen LogP contribution is -2.21. The topological polar surface area (TPSA) is 59.4 Å². The lowest BCUT2D eigenvalue weighted by Gasteiger charge is -2.14. The molecular weight excluding hydrogens is 272 g/mol. The molecule has 18 heavy (non-hydrogen) atoms. The van der Waals surface area contributed by atoms with Gasteiger partial charge in [0, 0.05) is 0 Å². The molecule has 0 aliphatic carbocycles. The molecule has 0 aliphatic rings. The molecule has 4 nitrogen and oxygen atoms in total. The Bertz CT molecular complexity index is 467. The Morgan fingerprint density at radius 2 is 1.78 bits per heavy atom. The predicted octanol–water partition coefficient (Wildman–Crippen LogP) is 2.70. The molecule has 1 N–H and O–H groups in total. The summed E-state index contributed by atoms with van der Waals surface area (Å²) < 4.78 is 75.8. The van der Waals surface area contributed by atoms with E-state index in [-0.39, 0.29) is 12.3 Å². The van der Waals surface area contributed by atoms with E-state index in [9.17, 15) is 31.1 Å². The van der Waals surface area contributed by atoms with E-state index in [2.05, 4.69) is 9.72 Å². The van der Waals surface area contributed by atoms with Gasteiger partial charge >= 0.3 is 18.5 Å². The molecule has 0 amide bonds. The van der Waals surface area contributed by atoms with Crippen LogP contribution in [0.1, 0.15) is 16.1 Å². The maximum Gasteiger partial charge on any atom is 0.573 e. The van der Waals surface area contributed by atoms with E-state index < -0.39 is 35.5 Å². The molecule has 0 atom stereocenters. The average molecular weight is 275 g/mol. The quantitative estimate of drug-likeness (QED) is 0.843. The minimum atomic E-state index is -5.34. The lowest BCUT2D eigenvalue weighted by molar-refractivity contribution is -0.276. The third-order valence-electron chi connectivity index (χ3n) is 1.62. The number of pyridine rings is 1. The number of aromatic nitrogens is 1. The van der Waals surface area contributed by atoms with Crippen molar-refractivity contribution in [1.29, 1.82) is 0 Å². The van der Waals surface area contributed by atoms with Crippen molar-refractivity contribution in [1.82, 2.24) is 4.98 Å². The molecule has 0 spiro atoms. The van der Waals surface area contributed by atoms with Gasteiger partial charge in [-0.05, 0) is 6.07 Å². The fourth-order valence-electron chi connectivity index (χ4n) is 0.987. The van der Waals surface area contributed by atoms with Gasteiger partial charge in [-0.3, -0.25) is 0 Å². The van der Waals surface area contributed by atoms with Crippen molar-refractivity contribution in [2.24, 2.45) is 0 Å². The standard InChI is InChI=1S/C8H3F6NO3/c9-7(10,11)3-1-4(6(16)17)15-2-5(3)18-8(12,13)14/h1-2H,(H,16,17). The normalized spacial score (nSPS) is 12.3. The number of aromatic carboxylic acids is 1. The first-order chi connectivity index (χ1) is 8.00. The van der Waals surface area contributed by atoms with E-state index in [1.54, 1.807) is 0 Å². The fourth-order valence-corrected chi connectivity index (χ4v) is 0.987. The number of carbonyl (C=O) groups is 1. The molecule has 0 aliphatic heterocycles. The zero-order valence-corrected chi connectivity index (χ0v) is 8.13. The second-order valence-corrected chi connectivity index (χ2v) is 2.92. The first kappa shape index (κ1) is 14.1. The monoisotopic (exact) mass is 275 g/mol. The molecule has 1 aromatic rings. The van der Waals surface area contributed by atoms with Crippen molar-refractivity contribution >= 4 is 5.97 Å². The van der Waals surface area contributed by atoms with E-state index in [4.69, 9.17) is 5.11 Å². The molecular formula is C8H3F6NO3. The Morgan fingerprint density at radius 1 is 1.22 bits per heavy atom. The van der Waals surface area contributed by atoms with Crippen LogP contribution in [0.25, 0.3) is 0 Å². The number of alkyl halides is 6. The molecule has 0 radical (unpaired) electrons. The molecule has 0 saturated carbocycles. The number of carboxylic acids is 1. The number of hydrogen-bond acceptors (Lipinski definition) is 3. The van der Waals surface area contributed by atoms with Crippen LogP contribution in [0.5, 0.6) is 5.75 Å². The lowest BCUT2D eigenvalue weighted by atomic mass is 10.2. The van der Waals surface area contributed by atoms with Gasteiger partial charge in [0.1, 0.15) is 11.3 Å². The summed E-state index contributed by atoms with van der Waals surface area (Å²) in [5.74, 6) is -3.42. The molecule has 0 bridgehead atoms. The van der Waals surface area contributed by atoms with Crippen LogP contribution in [0.4, 0.5) is 26.3 Å². The molecule has 0 fully saturated rings. The van der Waals surface area contributed by atoms with E-state index >= 15 is 0 Å². The summed E-state index contributed by atoms with van der Waals surface area (Å²) in [4.78, 5) is 13.3. The van der Waals surface area contributed by atoms with E-state index in [0.29, 0.717) is 0 Å². The van der Waals surface area contributed by atoms with Gasteiger partial charge < -0.3 is 9.84 Å².